The Hall–Kier alpha value is -2.34. The molecule has 3 heterocycles. The molecular formula is C19H22IN5O4. The number of nitrogens with one attached hydrogen (secondary N) is 1. The summed E-state index contributed by atoms with van der Waals surface area (Å²) in [5.74, 6) is 2.33. The predicted octanol–water partition coefficient (Wildman–Crippen LogP) is 3.90. The van der Waals surface area contributed by atoms with Gasteiger partial charge in [-0.2, -0.15) is 0 Å². The number of nitrogens with zero attached hydrogens (tertiary/aromatic N) is 4. The molecule has 1 saturated heterocycles. The molecule has 154 valence electrons. The van der Waals surface area contributed by atoms with Crippen LogP contribution in [-0.4, -0.2) is 47.5 Å². The Balaban J connectivity index is 1.78. The molecule has 0 radical (unpaired) electrons. The summed E-state index contributed by atoms with van der Waals surface area (Å²) in [6.07, 6.45) is 4.85. The number of halogens is 1. The van der Waals surface area contributed by atoms with Gasteiger partial charge in [-0.3, -0.25) is 4.57 Å². The SMILES string of the molecule is COc1cc(OC)c(Nc2nc(I)nc3c2ncn3C2CCCCO2)c(OC)c1. The average Bonchev–Trinajstić information content (AvgIpc) is 3.18. The molecule has 0 amide bonds. The molecule has 1 aliphatic rings. The molecular weight excluding hydrogens is 489 g/mol. The lowest BCUT2D eigenvalue weighted by molar-refractivity contribution is -0.0298. The monoisotopic (exact) mass is 511 g/mol. The van der Waals surface area contributed by atoms with E-state index in [9.17, 15) is 0 Å². The van der Waals surface area contributed by atoms with Gasteiger partial charge in [0.25, 0.3) is 0 Å². The maximum atomic E-state index is 5.91. The minimum atomic E-state index is -0.0580. The quantitative estimate of drug-likeness (QED) is 0.394. The van der Waals surface area contributed by atoms with Gasteiger partial charge >= 0.3 is 0 Å². The summed E-state index contributed by atoms with van der Waals surface area (Å²) in [5.41, 5.74) is 2.01. The second-order valence-electron chi connectivity index (χ2n) is 6.52. The normalized spacial score (nSPS) is 16.6. The number of aromatic nitrogens is 4. The summed E-state index contributed by atoms with van der Waals surface area (Å²) in [7, 11) is 4.78. The molecule has 0 saturated carbocycles. The molecule has 3 aromatic rings. The average molecular weight is 511 g/mol. The number of rotatable bonds is 6. The van der Waals surface area contributed by atoms with Gasteiger partial charge in [0.05, 0.1) is 27.7 Å². The van der Waals surface area contributed by atoms with Crippen LogP contribution in [0, 0.1) is 3.83 Å². The second-order valence-corrected chi connectivity index (χ2v) is 7.48. The fourth-order valence-electron chi connectivity index (χ4n) is 3.38. The van der Waals surface area contributed by atoms with Crippen molar-refractivity contribution in [2.45, 2.75) is 25.5 Å². The number of benzene rings is 1. The third-order valence-electron chi connectivity index (χ3n) is 4.82. The van der Waals surface area contributed by atoms with E-state index >= 15 is 0 Å². The van der Waals surface area contributed by atoms with Gasteiger partial charge in [-0.15, -0.1) is 0 Å². The van der Waals surface area contributed by atoms with E-state index < -0.39 is 0 Å². The van der Waals surface area contributed by atoms with Crippen LogP contribution in [0.2, 0.25) is 0 Å². The van der Waals surface area contributed by atoms with Crippen LogP contribution in [-0.2, 0) is 4.74 Å². The van der Waals surface area contributed by atoms with Gasteiger partial charge in [0.2, 0.25) is 0 Å². The molecule has 9 nitrogen and oxygen atoms in total. The van der Waals surface area contributed by atoms with Gasteiger partial charge in [-0.1, -0.05) is 0 Å². The predicted molar refractivity (Wildman–Crippen MR) is 116 cm³/mol. The maximum Gasteiger partial charge on any atom is 0.194 e. The van der Waals surface area contributed by atoms with Crippen LogP contribution in [0.25, 0.3) is 11.2 Å². The van der Waals surface area contributed by atoms with E-state index in [0.29, 0.717) is 38.1 Å². The first kappa shape index (κ1) is 20.0. The van der Waals surface area contributed by atoms with Crippen molar-refractivity contribution < 1.29 is 18.9 Å². The molecule has 1 fully saturated rings. The molecule has 0 bridgehead atoms. The van der Waals surface area contributed by atoms with E-state index in [1.165, 1.54) is 0 Å². The van der Waals surface area contributed by atoms with E-state index in [4.69, 9.17) is 18.9 Å². The molecule has 1 N–H and O–H groups in total. The van der Waals surface area contributed by atoms with Gasteiger partial charge in [0, 0.05) is 41.3 Å². The highest BCUT2D eigenvalue weighted by molar-refractivity contribution is 14.1. The smallest absolute Gasteiger partial charge is 0.194 e. The van der Waals surface area contributed by atoms with Crippen LogP contribution < -0.4 is 19.5 Å². The minimum Gasteiger partial charge on any atom is -0.496 e. The van der Waals surface area contributed by atoms with E-state index in [1.807, 2.05) is 4.57 Å². The Labute approximate surface area is 181 Å². The zero-order valence-corrected chi connectivity index (χ0v) is 18.6. The van der Waals surface area contributed by atoms with E-state index in [1.54, 1.807) is 39.8 Å². The Bertz CT molecular complexity index is 994. The summed E-state index contributed by atoms with van der Waals surface area (Å²) in [6.45, 7) is 0.748. The van der Waals surface area contributed by atoms with Crippen molar-refractivity contribution in [3.63, 3.8) is 0 Å². The van der Waals surface area contributed by atoms with Gasteiger partial charge in [-0.05, 0) is 19.3 Å². The topological polar surface area (TPSA) is 92.6 Å². The molecule has 1 aromatic carbocycles. The van der Waals surface area contributed by atoms with Gasteiger partial charge in [-0.25, -0.2) is 15.0 Å². The molecule has 10 heteroatoms. The Morgan fingerprint density at radius 2 is 1.86 bits per heavy atom. The van der Waals surface area contributed by atoms with Crippen molar-refractivity contribution in [1.82, 2.24) is 19.5 Å². The molecule has 0 aliphatic carbocycles. The molecule has 0 spiro atoms. The minimum absolute atomic E-state index is 0.0580. The molecule has 1 aliphatic heterocycles. The summed E-state index contributed by atoms with van der Waals surface area (Å²) < 4.78 is 24.9. The number of methoxy groups -OCH3 is 3. The van der Waals surface area contributed by atoms with Crippen molar-refractivity contribution >= 4 is 45.3 Å². The van der Waals surface area contributed by atoms with Crippen LogP contribution in [0.4, 0.5) is 11.5 Å². The summed E-state index contributed by atoms with van der Waals surface area (Å²) in [4.78, 5) is 13.7. The number of fused-ring (bicyclic) bond motifs is 1. The zero-order chi connectivity index (χ0) is 20.4. The first-order valence-corrected chi connectivity index (χ1v) is 10.3. The Morgan fingerprint density at radius 1 is 1.10 bits per heavy atom. The highest BCUT2D eigenvalue weighted by atomic mass is 127. The van der Waals surface area contributed by atoms with E-state index in [-0.39, 0.29) is 6.23 Å². The van der Waals surface area contributed by atoms with Gasteiger partial charge < -0.3 is 24.3 Å². The first-order chi connectivity index (χ1) is 14.1. The molecule has 2 aromatic heterocycles. The van der Waals surface area contributed by atoms with Crippen LogP contribution in [0.1, 0.15) is 25.5 Å². The van der Waals surface area contributed by atoms with Crippen LogP contribution in [0.5, 0.6) is 17.2 Å². The lowest BCUT2D eigenvalue weighted by atomic mass is 10.2. The van der Waals surface area contributed by atoms with Crippen molar-refractivity contribution in [3.8, 4) is 17.2 Å². The number of ether oxygens (including phenoxy) is 4. The lowest BCUT2D eigenvalue weighted by Gasteiger charge is -2.23. The number of hydrogen-bond donors (Lipinski definition) is 1. The van der Waals surface area contributed by atoms with Crippen molar-refractivity contribution in [2.75, 3.05) is 33.3 Å². The van der Waals surface area contributed by atoms with E-state index in [0.717, 1.165) is 31.5 Å². The standard InChI is InChI=1S/C19H22IN5O4/c1-26-11-8-12(27-2)15(13(9-11)28-3)22-17-16-18(24-19(20)23-17)25(10-21-16)14-6-4-5-7-29-14/h8-10,14H,4-7H2,1-3H3,(H,22,23,24). The lowest BCUT2D eigenvalue weighted by Crippen LogP contribution is -2.18. The van der Waals surface area contributed by atoms with Crippen molar-refractivity contribution in [1.29, 1.82) is 0 Å². The zero-order valence-electron chi connectivity index (χ0n) is 16.4. The summed E-state index contributed by atoms with van der Waals surface area (Å²) in [6, 6.07) is 3.56. The number of hydrogen-bond acceptors (Lipinski definition) is 8. The van der Waals surface area contributed by atoms with Crippen molar-refractivity contribution in [3.05, 3.63) is 22.3 Å². The number of anilines is 2. The highest BCUT2D eigenvalue weighted by Crippen LogP contribution is 2.41. The van der Waals surface area contributed by atoms with Crippen LogP contribution in [0.3, 0.4) is 0 Å². The first-order valence-electron chi connectivity index (χ1n) is 9.23. The number of imidazole rings is 1. The molecule has 4 rings (SSSR count). The third-order valence-corrected chi connectivity index (χ3v) is 5.30. The third kappa shape index (κ3) is 3.90. The fraction of sp³-hybridized carbons (Fsp3) is 0.421. The molecule has 1 unspecified atom stereocenters. The Kier molecular flexibility index (Phi) is 5.90. The van der Waals surface area contributed by atoms with Crippen molar-refractivity contribution in [2.24, 2.45) is 0 Å². The molecule has 29 heavy (non-hydrogen) atoms. The van der Waals surface area contributed by atoms with Gasteiger partial charge in [0.1, 0.15) is 29.2 Å². The van der Waals surface area contributed by atoms with Crippen LogP contribution in [0.15, 0.2) is 18.5 Å². The van der Waals surface area contributed by atoms with Crippen LogP contribution >= 0.6 is 22.6 Å². The maximum absolute atomic E-state index is 5.91. The second kappa shape index (κ2) is 8.57. The summed E-state index contributed by atoms with van der Waals surface area (Å²) >= 11 is 2.10. The molecule has 1 atom stereocenters. The summed E-state index contributed by atoms with van der Waals surface area (Å²) in [5, 5.41) is 3.32. The largest absolute Gasteiger partial charge is 0.496 e. The fourth-order valence-corrected chi connectivity index (χ4v) is 3.85. The van der Waals surface area contributed by atoms with Gasteiger partial charge in [0.15, 0.2) is 20.8 Å². The highest BCUT2D eigenvalue weighted by Gasteiger charge is 2.22. The van der Waals surface area contributed by atoms with E-state index in [2.05, 4.69) is 42.9 Å². The Morgan fingerprint density at radius 3 is 2.48 bits per heavy atom.